The second kappa shape index (κ2) is 7.17. The van der Waals surface area contributed by atoms with Gasteiger partial charge in [0.15, 0.2) is 10.9 Å². The van der Waals surface area contributed by atoms with Gasteiger partial charge in [0.25, 0.3) is 11.5 Å². The lowest BCUT2D eigenvalue weighted by molar-refractivity contribution is -0.114. The summed E-state index contributed by atoms with van der Waals surface area (Å²) in [7, 11) is 0. The van der Waals surface area contributed by atoms with Crippen LogP contribution in [-0.2, 0) is 11.2 Å². The molecule has 3 aromatic rings. The predicted octanol–water partition coefficient (Wildman–Crippen LogP) is 3.35. The number of hydrogen-bond donors (Lipinski definition) is 3. The number of nitrogens with one attached hydrogen (secondary N) is 3. The number of benzene rings is 1. The maximum Gasteiger partial charge on any atom is 0.263 e. The zero-order chi connectivity index (χ0) is 21.6. The van der Waals surface area contributed by atoms with E-state index >= 15 is 0 Å². The summed E-state index contributed by atoms with van der Waals surface area (Å²) in [5, 5.41) is 5.65. The van der Waals surface area contributed by atoms with Crippen LogP contribution in [0.4, 0.5) is 10.8 Å². The van der Waals surface area contributed by atoms with Crippen LogP contribution >= 0.6 is 11.3 Å². The fraction of sp³-hybridized carbons (Fsp3) is 0.286. The van der Waals surface area contributed by atoms with Crippen LogP contribution in [0.25, 0.3) is 10.2 Å². The minimum atomic E-state index is -0.627. The minimum Gasteiger partial charge on any atom is -0.326 e. The summed E-state index contributed by atoms with van der Waals surface area (Å²) in [6, 6.07) is 6.59. The number of anilines is 2. The maximum absolute atomic E-state index is 12.7. The quantitative estimate of drug-likeness (QED) is 0.595. The first-order chi connectivity index (χ1) is 14.1. The molecule has 1 aliphatic carbocycles. The molecule has 2 amide bonds. The van der Waals surface area contributed by atoms with E-state index in [1.165, 1.54) is 24.3 Å². The zero-order valence-corrected chi connectivity index (χ0v) is 17.5. The van der Waals surface area contributed by atoms with Gasteiger partial charge < -0.3 is 10.3 Å². The molecule has 8 nitrogen and oxygen atoms in total. The van der Waals surface area contributed by atoms with Crippen LogP contribution in [0.2, 0.25) is 0 Å². The van der Waals surface area contributed by atoms with Gasteiger partial charge in [0.2, 0.25) is 5.91 Å². The molecule has 30 heavy (non-hydrogen) atoms. The first-order valence-electron chi connectivity index (χ1n) is 9.40. The van der Waals surface area contributed by atoms with Crippen molar-refractivity contribution in [3.8, 4) is 0 Å². The number of amides is 2. The molecule has 0 spiro atoms. The average Bonchev–Trinajstić information content (AvgIpc) is 3.00. The lowest BCUT2D eigenvalue weighted by Gasteiger charge is -2.29. The van der Waals surface area contributed by atoms with Gasteiger partial charge in [0.1, 0.15) is 5.56 Å². The topological polar surface area (TPSA) is 121 Å². The van der Waals surface area contributed by atoms with Gasteiger partial charge in [-0.25, -0.2) is 4.98 Å². The van der Waals surface area contributed by atoms with E-state index in [2.05, 4.69) is 20.6 Å². The molecule has 2 aromatic heterocycles. The molecule has 0 aliphatic heterocycles. The molecular weight excluding hydrogens is 404 g/mol. The molecule has 0 saturated heterocycles. The highest BCUT2D eigenvalue weighted by Gasteiger charge is 2.32. The highest BCUT2D eigenvalue weighted by molar-refractivity contribution is 7.22. The Hall–Kier alpha value is -3.33. The summed E-state index contributed by atoms with van der Waals surface area (Å²) in [5.41, 5.74) is 1.36. The van der Waals surface area contributed by atoms with Crippen LogP contribution in [0, 0.1) is 5.41 Å². The molecule has 0 bridgehead atoms. The third kappa shape index (κ3) is 3.88. The standard InChI is InChI=1S/C21H20N4O4S/c1-10(26)22-11-4-5-14-17(6-11)30-20(24-14)25-19(29)13-7-12-15(23-18(13)28)8-21(2,3)9-16(12)27/h4-7H,8-9H2,1-3H3,(H,22,26)(H,23,28)(H,24,25,29). The second-order valence-electron chi connectivity index (χ2n) is 8.18. The summed E-state index contributed by atoms with van der Waals surface area (Å²) in [6.45, 7) is 5.36. The van der Waals surface area contributed by atoms with Crippen molar-refractivity contribution in [2.24, 2.45) is 5.41 Å². The molecule has 9 heteroatoms. The molecule has 1 aliphatic rings. The van der Waals surface area contributed by atoms with Crippen molar-refractivity contribution in [1.82, 2.24) is 9.97 Å². The molecule has 0 saturated carbocycles. The van der Waals surface area contributed by atoms with E-state index in [0.29, 0.717) is 40.4 Å². The highest BCUT2D eigenvalue weighted by Crippen LogP contribution is 2.33. The number of hydrogen-bond acceptors (Lipinski definition) is 6. The van der Waals surface area contributed by atoms with Crippen molar-refractivity contribution < 1.29 is 14.4 Å². The molecule has 3 N–H and O–H groups in total. The van der Waals surface area contributed by atoms with Crippen molar-refractivity contribution in [3.05, 3.63) is 51.4 Å². The Balaban J connectivity index is 1.61. The Bertz CT molecular complexity index is 1270. The fourth-order valence-corrected chi connectivity index (χ4v) is 4.52. The van der Waals surface area contributed by atoms with Crippen molar-refractivity contribution in [1.29, 1.82) is 0 Å². The average molecular weight is 424 g/mol. The largest absolute Gasteiger partial charge is 0.326 e. The van der Waals surface area contributed by atoms with Gasteiger partial charge in [0, 0.05) is 30.3 Å². The molecule has 0 radical (unpaired) electrons. The number of fused-ring (bicyclic) bond motifs is 2. The van der Waals surface area contributed by atoms with Crippen LogP contribution in [-0.4, -0.2) is 27.6 Å². The van der Waals surface area contributed by atoms with Crippen LogP contribution in [0.1, 0.15) is 53.6 Å². The van der Waals surface area contributed by atoms with Gasteiger partial charge in [0.05, 0.1) is 10.2 Å². The Morgan fingerprint density at radius 1 is 1.13 bits per heavy atom. The normalized spacial score (nSPS) is 15.0. The van der Waals surface area contributed by atoms with Crippen molar-refractivity contribution in [2.75, 3.05) is 10.6 Å². The Morgan fingerprint density at radius 3 is 2.63 bits per heavy atom. The lowest BCUT2D eigenvalue weighted by Crippen LogP contribution is -2.32. The first kappa shape index (κ1) is 20.0. The summed E-state index contributed by atoms with van der Waals surface area (Å²) >= 11 is 1.22. The van der Waals surface area contributed by atoms with E-state index in [4.69, 9.17) is 0 Å². The summed E-state index contributed by atoms with van der Waals surface area (Å²) < 4.78 is 0.772. The lowest BCUT2D eigenvalue weighted by atomic mass is 9.75. The number of carbonyl (C=O) groups excluding carboxylic acids is 3. The number of nitrogens with zero attached hydrogens (tertiary/aromatic N) is 1. The third-order valence-electron chi connectivity index (χ3n) is 4.89. The summed E-state index contributed by atoms with van der Waals surface area (Å²) in [4.78, 5) is 55.9. The highest BCUT2D eigenvalue weighted by atomic mass is 32.1. The Morgan fingerprint density at radius 2 is 1.90 bits per heavy atom. The minimum absolute atomic E-state index is 0.0861. The fourth-order valence-electron chi connectivity index (χ4n) is 3.62. The van der Waals surface area contributed by atoms with E-state index in [9.17, 15) is 19.2 Å². The van der Waals surface area contributed by atoms with Crippen LogP contribution < -0.4 is 16.2 Å². The van der Waals surface area contributed by atoms with Gasteiger partial charge in [-0.2, -0.15) is 0 Å². The first-order valence-corrected chi connectivity index (χ1v) is 10.2. The van der Waals surface area contributed by atoms with Crippen molar-refractivity contribution in [3.63, 3.8) is 0 Å². The molecule has 2 heterocycles. The third-order valence-corrected chi connectivity index (χ3v) is 5.83. The molecule has 0 atom stereocenters. The number of thiazole rings is 1. The number of rotatable bonds is 3. The number of aromatic amines is 1. The van der Waals surface area contributed by atoms with E-state index in [1.54, 1.807) is 18.2 Å². The predicted molar refractivity (Wildman–Crippen MR) is 115 cm³/mol. The number of H-pyrrole nitrogens is 1. The molecule has 0 fully saturated rings. The second-order valence-corrected chi connectivity index (χ2v) is 9.21. The van der Waals surface area contributed by atoms with Crippen LogP contribution in [0.15, 0.2) is 29.1 Å². The van der Waals surface area contributed by atoms with Gasteiger partial charge in [-0.3, -0.25) is 24.5 Å². The SMILES string of the molecule is CC(=O)Nc1ccc2nc(NC(=O)c3cc4c([nH]c3=O)CC(C)(C)CC4=O)sc2c1. The molecular formula is C21H20N4O4S. The monoisotopic (exact) mass is 424 g/mol. The molecule has 4 rings (SSSR count). The summed E-state index contributed by atoms with van der Waals surface area (Å²) in [6.07, 6.45) is 0.932. The van der Waals surface area contributed by atoms with Crippen LogP contribution in [0.3, 0.4) is 0 Å². The number of ketones is 1. The molecule has 1 aromatic carbocycles. The van der Waals surface area contributed by atoms with E-state index < -0.39 is 11.5 Å². The zero-order valence-electron chi connectivity index (χ0n) is 16.7. The number of pyridine rings is 1. The number of carbonyl (C=O) groups is 3. The van der Waals surface area contributed by atoms with Crippen molar-refractivity contribution in [2.45, 2.75) is 33.6 Å². The number of Topliss-reactive ketones (excluding diaryl/α,β-unsaturated/α-hetero) is 1. The van der Waals surface area contributed by atoms with Crippen LogP contribution in [0.5, 0.6) is 0 Å². The Kier molecular flexibility index (Phi) is 4.77. The van der Waals surface area contributed by atoms with Gasteiger partial charge in [-0.05, 0) is 36.1 Å². The van der Waals surface area contributed by atoms with Crippen molar-refractivity contribution >= 4 is 50.0 Å². The summed E-state index contributed by atoms with van der Waals surface area (Å²) in [5.74, 6) is -0.896. The van der Waals surface area contributed by atoms with Gasteiger partial charge in [-0.15, -0.1) is 0 Å². The van der Waals surface area contributed by atoms with E-state index in [1.807, 2.05) is 13.8 Å². The van der Waals surface area contributed by atoms with E-state index in [-0.39, 0.29) is 22.7 Å². The van der Waals surface area contributed by atoms with E-state index in [0.717, 1.165) is 4.70 Å². The maximum atomic E-state index is 12.7. The smallest absolute Gasteiger partial charge is 0.263 e. The molecule has 154 valence electrons. The Labute approximate surface area is 175 Å². The van der Waals surface area contributed by atoms with Gasteiger partial charge in [-0.1, -0.05) is 25.2 Å². The van der Waals surface area contributed by atoms with Gasteiger partial charge >= 0.3 is 0 Å². The molecule has 0 unspecified atom stereocenters. The number of aromatic nitrogens is 2.